The number of nitrogens with one attached hydrogen (secondary N) is 1. The fourth-order valence-corrected chi connectivity index (χ4v) is 3.26. The van der Waals surface area contributed by atoms with Gasteiger partial charge >= 0.3 is 5.97 Å². The monoisotopic (exact) mass is 302 g/mol. The summed E-state index contributed by atoms with van der Waals surface area (Å²) in [6, 6.07) is 6.07. The van der Waals surface area contributed by atoms with Crippen molar-refractivity contribution in [3.8, 4) is 0 Å². The number of nitrogens with zero attached hydrogens (tertiary/aromatic N) is 1. The number of carboxylic acid groups (broad SMARTS) is 1. The fourth-order valence-electron chi connectivity index (χ4n) is 3.26. The van der Waals surface area contributed by atoms with Gasteiger partial charge in [0, 0.05) is 12.1 Å². The summed E-state index contributed by atoms with van der Waals surface area (Å²) in [7, 11) is 0. The van der Waals surface area contributed by atoms with E-state index in [0.29, 0.717) is 18.5 Å². The third-order valence-corrected chi connectivity index (χ3v) is 4.37. The molecule has 22 heavy (non-hydrogen) atoms. The molecule has 2 N–H and O–H groups in total. The molecule has 2 atom stereocenters. The molecule has 1 aromatic carbocycles. The van der Waals surface area contributed by atoms with E-state index in [2.05, 4.69) is 5.32 Å². The zero-order chi connectivity index (χ0) is 15.7. The summed E-state index contributed by atoms with van der Waals surface area (Å²) in [6.07, 6.45) is 2.24. The summed E-state index contributed by atoms with van der Waals surface area (Å²) in [5.41, 5.74) is 1.40. The number of carboxylic acids is 1. The Balaban J connectivity index is 1.75. The minimum absolute atomic E-state index is 0.104. The van der Waals surface area contributed by atoms with Gasteiger partial charge in [0.05, 0.1) is 12.5 Å². The molecule has 1 fully saturated rings. The Morgan fingerprint density at radius 3 is 2.82 bits per heavy atom. The van der Waals surface area contributed by atoms with Gasteiger partial charge in [0.1, 0.15) is 6.04 Å². The van der Waals surface area contributed by atoms with Crippen LogP contribution < -0.4 is 5.32 Å². The Kier molecular flexibility index (Phi) is 3.83. The molecule has 1 saturated heterocycles. The highest BCUT2D eigenvalue weighted by molar-refractivity contribution is 5.99. The zero-order valence-electron chi connectivity index (χ0n) is 12.1. The molecule has 0 bridgehead atoms. The third kappa shape index (κ3) is 2.56. The molecule has 6 heteroatoms. The molecule has 1 aromatic rings. The van der Waals surface area contributed by atoms with Crippen LogP contribution >= 0.6 is 0 Å². The fraction of sp³-hybridized carbons (Fsp3) is 0.438. The highest BCUT2D eigenvalue weighted by Gasteiger charge is 2.35. The van der Waals surface area contributed by atoms with Crippen LogP contribution in [0.5, 0.6) is 0 Å². The SMILES string of the molecule is O=C1NC(CC(=O)N2CCCC[C@@H]2C(=O)O)c2ccccc21. The lowest BCUT2D eigenvalue weighted by Crippen LogP contribution is -2.48. The van der Waals surface area contributed by atoms with Crippen molar-refractivity contribution in [2.45, 2.75) is 37.8 Å². The van der Waals surface area contributed by atoms with Crippen molar-refractivity contribution < 1.29 is 19.5 Å². The molecular formula is C16H18N2O4. The molecule has 2 aliphatic rings. The molecule has 0 aliphatic carbocycles. The van der Waals surface area contributed by atoms with Crippen molar-refractivity contribution in [3.05, 3.63) is 35.4 Å². The van der Waals surface area contributed by atoms with Crippen molar-refractivity contribution in [2.75, 3.05) is 6.54 Å². The lowest BCUT2D eigenvalue weighted by atomic mass is 9.98. The minimum Gasteiger partial charge on any atom is -0.480 e. The number of likely N-dealkylation sites (tertiary alicyclic amines) is 1. The lowest BCUT2D eigenvalue weighted by molar-refractivity contribution is -0.152. The molecule has 2 heterocycles. The van der Waals surface area contributed by atoms with Crippen LogP contribution in [0.3, 0.4) is 0 Å². The number of carbonyl (C=O) groups is 3. The van der Waals surface area contributed by atoms with Crippen molar-refractivity contribution in [1.82, 2.24) is 10.2 Å². The van der Waals surface area contributed by atoms with Crippen LogP contribution in [-0.2, 0) is 9.59 Å². The van der Waals surface area contributed by atoms with Crippen molar-refractivity contribution in [1.29, 1.82) is 0 Å². The van der Waals surface area contributed by atoms with E-state index in [-0.39, 0.29) is 24.3 Å². The van der Waals surface area contributed by atoms with Gasteiger partial charge in [0.25, 0.3) is 5.91 Å². The lowest BCUT2D eigenvalue weighted by Gasteiger charge is -2.33. The van der Waals surface area contributed by atoms with Gasteiger partial charge < -0.3 is 15.3 Å². The van der Waals surface area contributed by atoms with E-state index in [4.69, 9.17) is 0 Å². The van der Waals surface area contributed by atoms with Gasteiger partial charge in [-0.25, -0.2) is 4.79 Å². The summed E-state index contributed by atoms with van der Waals surface area (Å²) in [4.78, 5) is 37.1. The largest absolute Gasteiger partial charge is 0.480 e. The van der Waals surface area contributed by atoms with Crippen LogP contribution in [0.25, 0.3) is 0 Å². The Hall–Kier alpha value is -2.37. The molecule has 2 amide bonds. The number of piperidine rings is 1. The van der Waals surface area contributed by atoms with E-state index in [1.165, 1.54) is 4.90 Å². The second-order valence-corrected chi connectivity index (χ2v) is 5.75. The standard InChI is InChI=1S/C16H18N2O4/c19-14(18-8-4-3-7-13(18)16(21)22)9-12-10-5-1-2-6-11(10)15(20)17-12/h1-2,5-6,12-13H,3-4,7-9H2,(H,17,20)(H,21,22)/t12?,13-/m1/s1. The number of hydrogen-bond acceptors (Lipinski definition) is 3. The van der Waals surface area contributed by atoms with Crippen LogP contribution in [0.4, 0.5) is 0 Å². The van der Waals surface area contributed by atoms with Crippen molar-refractivity contribution in [2.24, 2.45) is 0 Å². The average molecular weight is 302 g/mol. The van der Waals surface area contributed by atoms with E-state index in [1.807, 2.05) is 12.1 Å². The molecule has 6 nitrogen and oxygen atoms in total. The first kappa shape index (κ1) is 14.6. The van der Waals surface area contributed by atoms with Crippen LogP contribution in [0.2, 0.25) is 0 Å². The molecule has 0 aromatic heterocycles. The van der Waals surface area contributed by atoms with Gasteiger partial charge in [-0.2, -0.15) is 0 Å². The number of carbonyl (C=O) groups excluding carboxylic acids is 2. The molecule has 0 spiro atoms. The van der Waals surface area contributed by atoms with Crippen LogP contribution in [-0.4, -0.2) is 40.4 Å². The molecule has 3 rings (SSSR count). The number of fused-ring (bicyclic) bond motifs is 1. The summed E-state index contributed by atoms with van der Waals surface area (Å²) in [6.45, 7) is 0.470. The minimum atomic E-state index is -0.955. The second kappa shape index (κ2) is 5.79. The first-order valence-electron chi connectivity index (χ1n) is 7.50. The normalized spacial score (nSPS) is 23.8. The zero-order valence-corrected chi connectivity index (χ0v) is 12.1. The first-order chi connectivity index (χ1) is 10.6. The summed E-state index contributed by atoms with van der Waals surface area (Å²) < 4.78 is 0. The molecular weight excluding hydrogens is 284 g/mol. The van der Waals surface area contributed by atoms with Crippen LogP contribution in [0, 0.1) is 0 Å². The summed E-state index contributed by atoms with van der Waals surface area (Å²) in [5.74, 6) is -1.35. The van der Waals surface area contributed by atoms with Crippen LogP contribution in [0.1, 0.15) is 47.6 Å². The number of benzene rings is 1. The maximum atomic E-state index is 12.5. The number of hydrogen-bond donors (Lipinski definition) is 2. The van der Waals surface area contributed by atoms with Gasteiger partial charge in [-0.15, -0.1) is 0 Å². The van der Waals surface area contributed by atoms with Crippen molar-refractivity contribution >= 4 is 17.8 Å². The molecule has 116 valence electrons. The topological polar surface area (TPSA) is 86.7 Å². The third-order valence-electron chi connectivity index (χ3n) is 4.37. The van der Waals surface area contributed by atoms with Crippen LogP contribution in [0.15, 0.2) is 24.3 Å². The quantitative estimate of drug-likeness (QED) is 0.882. The van der Waals surface area contributed by atoms with E-state index < -0.39 is 12.0 Å². The highest BCUT2D eigenvalue weighted by Crippen LogP contribution is 2.29. The van der Waals surface area contributed by atoms with E-state index in [9.17, 15) is 19.5 Å². The van der Waals surface area contributed by atoms with Gasteiger partial charge in [-0.1, -0.05) is 18.2 Å². The summed E-state index contributed by atoms with van der Waals surface area (Å²) >= 11 is 0. The number of amides is 2. The molecule has 0 saturated carbocycles. The van der Waals surface area contributed by atoms with Crippen molar-refractivity contribution in [3.63, 3.8) is 0 Å². The maximum Gasteiger partial charge on any atom is 0.326 e. The first-order valence-corrected chi connectivity index (χ1v) is 7.50. The highest BCUT2D eigenvalue weighted by atomic mass is 16.4. The predicted octanol–water partition coefficient (Wildman–Crippen LogP) is 1.33. The Bertz CT molecular complexity index is 628. The molecule has 2 aliphatic heterocycles. The van der Waals surface area contributed by atoms with Gasteiger partial charge in [-0.3, -0.25) is 9.59 Å². The number of aliphatic carboxylic acids is 1. The molecule has 1 unspecified atom stereocenters. The molecule has 0 radical (unpaired) electrons. The Labute approximate surface area is 128 Å². The Morgan fingerprint density at radius 1 is 1.27 bits per heavy atom. The summed E-state index contributed by atoms with van der Waals surface area (Å²) in [5, 5.41) is 12.1. The van der Waals surface area contributed by atoms with Gasteiger partial charge in [0.2, 0.25) is 5.91 Å². The number of rotatable bonds is 3. The Morgan fingerprint density at radius 2 is 2.05 bits per heavy atom. The van der Waals surface area contributed by atoms with E-state index in [1.54, 1.807) is 12.1 Å². The maximum absolute atomic E-state index is 12.5. The smallest absolute Gasteiger partial charge is 0.326 e. The van der Waals surface area contributed by atoms with Gasteiger partial charge in [0.15, 0.2) is 0 Å². The van der Waals surface area contributed by atoms with Gasteiger partial charge in [-0.05, 0) is 30.9 Å². The second-order valence-electron chi connectivity index (χ2n) is 5.75. The van der Waals surface area contributed by atoms with E-state index in [0.717, 1.165) is 18.4 Å². The van der Waals surface area contributed by atoms with E-state index >= 15 is 0 Å². The predicted molar refractivity (Wildman–Crippen MR) is 78.3 cm³/mol. The average Bonchev–Trinajstić information content (AvgIpc) is 2.84.